The minimum Gasteiger partial charge on any atom is -0.309 e. The third-order valence-corrected chi connectivity index (χ3v) is 18.6. The van der Waals surface area contributed by atoms with Crippen LogP contribution in [0.5, 0.6) is 0 Å². The summed E-state index contributed by atoms with van der Waals surface area (Å²) in [5.41, 5.74) is 13.7. The monoisotopic (exact) mass is 882 g/mol. The van der Waals surface area contributed by atoms with E-state index in [4.69, 9.17) is 15.0 Å². The Morgan fingerprint density at radius 2 is 0.662 bits per heavy atom. The Morgan fingerprint density at radius 1 is 0.279 bits per heavy atom. The van der Waals surface area contributed by atoms with Crippen LogP contribution in [0, 0.1) is 0 Å². The summed E-state index contributed by atoms with van der Waals surface area (Å²) >= 11 is 0. The van der Waals surface area contributed by atoms with Crippen molar-refractivity contribution in [2.75, 3.05) is 0 Å². The van der Waals surface area contributed by atoms with Gasteiger partial charge in [0.05, 0.1) is 11.0 Å². The lowest BCUT2D eigenvalue weighted by Gasteiger charge is -2.31. The fourth-order valence-corrected chi connectivity index (χ4v) is 15.8. The molecular weight excluding hydrogens is 841 g/mol. The molecule has 13 rings (SSSR count). The van der Waals surface area contributed by atoms with Crippen LogP contribution in [0.15, 0.2) is 255 Å². The normalized spacial score (nSPS) is 12.5. The topological polar surface area (TPSA) is 43.6 Å². The van der Waals surface area contributed by atoms with Gasteiger partial charge in [-0.2, -0.15) is 0 Å². The van der Waals surface area contributed by atoms with Gasteiger partial charge in [0.15, 0.2) is 25.5 Å². The van der Waals surface area contributed by atoms with Gasteiger partial charge in [-0.1, -0.05) is 231 Å². The molecule has 3 heterocycles. The average Bonchev–Trinajstić information content (AvgIpc) is 3.92. The van der Waals surface area contributed by atoms with Crippen LogP contribution in [0.25, 0.3) is 95.0 Å². The van der Waals surface area contributed by atoms with Gasteiger partial charge < -0.3 is 4.57 Å². The van der Waals surface area contributed by atoms with Crippen LogP contribution in [0.2, 0.25) is 0 Å². The molecule has 5 heteroatoms. The lowest BCUT2D eigenvalue weighted by Crippen LogP contribution is -2.72. The van der Waals surface area contributed by atoms with E-state index >= 15 is 0 Å². The molecular formula is C63H42N4Si. The maximum atomic E-state index is 5.17. The predicted molar refractivity (Wildman–Crippen MR) is 284 cm³/mol. The van der Waals surface area contributed by atoms with Crippen LogP contribution in [0.4, 0.5) is 0 Å². The Hall–Kier alpha value is -8.77. The summed E-state index contributed by atoms with van der Waals surface area (Å²) < 4.78 is 2.42. The molecule has 0 N–H and O–H groups in total. The van der Waals surface area contributed by atoms with Crippen molar-refractivity contribution in [2.45, 2.75) is 0 Å². The molecule has 0 radical (unpaired) electrons. The predicted octanol–water partition coefficient (Wildman–Crippen LogP) is 12.7. The molecule has 0 atom stereocenters. The second-order valence-electron chi connectivity index (χ2n) is 17.5. The fourth-order valence-electron chi connectivity index (χ4n) is 10.6. The van der Waals surface area contributed by atoms with Gasteiger partial charge in [-0.15, -0.1) is 0 Å². The first-order chi connectivity index (χ1) is 33.7. The number of benzene rings is 10. The molecule has 0 saturated heterocycles. The number of rotatable bonds is 8. The van der Waals surface area contributed by atoms with Gasteiger partial charge in [-0.05, 0) is 78.4 Å². The van der Waals surface area contributed by atoms with E-state index in [1.165, 1.54) is 70.4 Å². The van der Waals surface area contributed by atoms with Crippen molar-refractivity contribution in [1.82, 2.24) is 19.5 Å². The van der Waals surface area contributed by atoms with Gasteiger partial charge in [0.2, 0.25) is 0 Å². The minimum atomic E-state index is -2.89. The van der Waals surface area contributed by atoms with Crippen molar-refractivity contribution in [3.8, 4) is 73.2 Å². The van der Waals surface area contributed by atoms with Crippen LogP contribution in [0.3, 0.4) is 0 Å². The number of aromatic nitrogens is 4. The molecule has 12 aromatic rings. The summed E-state index contributed by atoms with van der Waals surface area (Å²) in [6.45, 7) is 0. The Kier molecular flexibility index (Phi) is 9.48. The summed E-state index contributed by atoms with van der Waals surface area (Å²) in [6, 6.07) is 92.2. The highest BCUT2D eigenvalue weighted by molar-refractivity contribution is 7.22. The molecule has 0 fully saturated rings. The highest BCUT2D eigenvalue weighted by Crippen LogP contribution is 2.35. The first kappa shape index (κ1) is 39.6. The molecule has 0 unspecified atom stereocenters. The number of hydrogen-bond donors (Lipinski definition) is 0. The van der Waals surface area contributed by atoms with Crippen LogP contribution < -0.4 is 20.7 Å². The van der Waals surface area contributed by atoms with Crippen molar-refractivity contribution in [1.29, 1.82) is 0 Å². The van der Waals surface area contributed by atoms with E-state index in [0.29, 0.717) is 17.5 Å². The second kappa shape index (κ2) is 16.3. The molecule has 318 valence electrons. The maximum Gasteiger partial charge on any atom is 0.180 e. The molecule has 2 aromatic heterocycles. The van der Waals surface area contributed by atoms with Gasteiger partial charge >= 0.3 is 0 Å². The van der Waals surface area contributed by atoms with Gasteiger partial charge in [-0.25, -0.2) is 15.0 Å². The largest absolute Gasteiger partial charge is 0.309 e. The number of nitrogens with zero attached hydrogens (tertiary/aromatic N) is 4. The summed E-state index contributed by atoms with van der Waals surface area (Å²) in [6.07, 6.45) is 0. The van der Waals surface area contributed by atoms with Crippen LogP contribution in [-0.4, -0.2) is 27.6 Å². The van der Waals surface area contributed by atoms with Crippen LogP contribution in [0.1, 0.15) is 0 Å². The van der Waals surface area contributed by atoms with Crippen molar-refractivity contribution in [3.05, 3.63) is 255 Å². The minimum absolute atomic E-state index is 0.640. The van der Waals surface area contributed by atoms with Crippen molar-refractivity contribution < 1.29 is 0 Å². The molecule has 0 aliphatic carbocycles. The Bertz CT molecular complexity index is 3770. The zero-order chi connectivity index (χ0) is 45.0. The number of fused-ring (bicyclic) bond motifs is 6. The highest BCUT2D eigenvalue weighted by atomic mass is 28.3. The third-order valence-electron chi connectivity index (χ3n) is 13.8. The third kappa shape index (κ3) is 6.47. The first-order valence-electron chi connectivity index (χ1n) is 23.2. The van der Waals surface area contributed by atoms with Crippen molar-refractivity contribution >= 4 is 50.6 Å². The second-order valence-corrected chi connectivity index (χ2v) is 21.3. The van der Waals surface area contributed by atoms with Gasteiger partial charge in [0.25, 0.3) is 0 Å². The standard InChI is InChI=1S/C63H42N4Si/c1-4-16-43(17-5-1)45-28-30-48(31-29-45)62-64-61(47-20-8-3-9-21-47)65-63(66-62)49-34-38-51(39-35-49)68(59-26-14-11-23-54(59)55-24-12-15-27-60(55)68)52-40-41-58-56(42-52)53-22-10-13-25-57(53)67(58)50-36-32-46(33-37-50)44-18-6-2-7-19-44/h1-42H. The summed E-state index contributed by atoms with van der Waals surface area (Å²) in [5.74, 6) is 1.93. The summed E-state index contributed by atoms with van der Waals surface area (Å²) in [5, 5.41) is 7.96. The first-order valence-corrected chi connectivity index (χ1v) is 25.2. The van der Waals surface area contributed by atoms with E-state index in [1.807, 2.05) is 24.3 Å². The molecule has 4 nitrogen and oxygen atoms in total. The molecule has 0 amide bonds. The zero-order valence-corrected chi connectivity index (χ0v) is 38.0. The summed E-state index contributed by atoms with van der Waals surface area (Å²) in [4.78, 5) is 15.4. The average molecular weight is 883 g/mol. The smallest absolute Gasteiger partial charge is 0.180 e. The Morgan fingerprint density at radius 3 is 1.22 bits per heavy atom. The zero-order valence-electron chi connectivity index (χ0n) is 37.0. The molecule has 0 saturated carbocycles. The lowest BCUT2D eigenvalue weighted by molar-refractivity contribution is 1.07. The molecule has 1 aliphatic heterocycles. The molecule has 0 spiro atoms. The van der Waals surface area contributed by atoms with E-state index in [9.17, 15) is 0 Å². The van der Waals surface area contributed by atoms with Gasteiger partial charge in [-0.3, -0.25) is 0 Å². The van der Waals surface area contributed by atoms with Crippen molar-refractivity contribution in [3.63, 3.8) is 0 Å². The SMILES string of the molecule is c1ccc(-c2ccc(-c3nc(-c4ccccc4)nc(-c4ccc([Si]5(c6ccc7c(c6)c6ccccc6n7-c6ccc(-c7ccccc7)cc6)c6ccccc6-c6ccccc65)cc4)n3)cc2)cc1. The van der Waals surface area contributed by atoms with E-state index in [1.54, 1.807) is 0 Å². The summed E-state index contributed by atoms with van der Waals surface area (Å²) in [7, 11) is -2.89. The van der Waals surface area contributed by atoms with Crippen molar-refractivity contribution in [2.24, 2.45) is 0 Å². The van der Waals surface area contributed by atoms with Crippen LogP contribution >= 0.6 is 0 Å². The van der Waals surface area contributed by atoms with E-state index in [2.05, 4.69) is 235 Å². The maximum absolute atomic E-state index is 5.17. The molecule has 0 bridgehead atoms. The molecule has 10 aromatic carbocycles. The number of para-hydroxylation sites is 1. The Labute approximate surface area is 396 Å². The molecule has 1 aliphatic rings. The quantitative estimate of drug-likeness (QED) is 0.143. The van der Waals surface area contributed by atoms with Gasteiger partial charge in [0.1, 0.15) is 0 Å². The van der Waals surface area contributed by atoms with E-state index in [0.717, 1.165) is 27.9 Å². The lowest BCUT2D eigenvalue weighted by atomic mass is 10.0. The highest BCUT2D eigenvalue weighted by Gasteiger charge is 2.48. The van der Waals surface area contributed by atoms with E-state index in [-0.39, 0.29) is 0 Å². The molecule has 68 heavy (non-hydrogen) atoms. The Balaban J connectivity index is 0.964. The number of hydrogen-bond acceptors (Lipinski definition) is 3. The fraction of sp³-hybridized carbons (Fsp3) is 0. The van der Waals surface area contributed by atoms with Gasteiger partial charge in [0, 0.05) is 33.2 Å². The van der Waals surface area contributed by atoms with E-state index < -0.39 is 8.07 Å². The van der Waals surface area contributed by atoms with Crippen LogP contribution in [-0.2, 0) is 0 Å².